The molecule has 0 radical (unpaired) electrons. The first kappa shape index (κ1) is 30.6. The first-order valence-electron chi connectivity index (χ1n) is 18.6. The Balaban J connectivity index is 1.24. The predicted octanol–water partition coefficient (Wildman–Crippen LogP) is 14.7. The summed E-state index contributed by atoms with van der Waals surface area (Å²) in [5.74, 6) is 0.624. The summed E-state index contributed by atoms with van der Waals surface area (Å²) in [4.78, 5) is 2.55. The summed E-state index contributed by atoms with van der Waals surface area (Å²) in [7, 11) is 0. The third-order valence-electron chi connectivity index (χ3n) is 11.8. The van der Waals surface area contributed by atoms with Gasteiger partial charge in [0, 0.05) is 42.5 Å². The molecule has 0 aliphatic heterocycles. The van der Waals surface area contributed by atoms with Crippen LogP contribution in [0.5, 0.6) is 0 Å². The summed E-state index contributed by atoms with van der Waals surface area (Å²) in [5.41, 5.74) is 13.1. The van der Waals surface area contributed by atoms with Crippen LogP contribution in [0.1, 0.15) is 68.6 Å². The second-order valence-electron chi connectivity index (χ2n) is 15.2. The van der Waals surface area contributed by atoms with Crippen LogP contribution in [-0.2, 0) is 5.41 Å². The maximum Gasteiger partial charge on any atom is 0.0546 e. The molecule has 7 aromatic carbocycles. The molecule has 2 aliphatic rings. The Kier molecular flexibility index (Phi) is 7.18. The van der Waals surface area contributed by atoms with Gasteiger partial charge in [-0.3, -0.25) is 0 Å². The van der Waals surface area contributed by atoms with Crippen LogP contribution in [0.25, 0.3) is 53.2 Å². The molecular formula is C49H41NS. The Morgan fingerprint density at radius 3 is 2.20 bits per heavy atom. The molecule has 1 heterocycles. The molecule has 0 unspecified atom stereocenters. The summed E-state index contributed by atoms with van der Waals surface area (Å²) in [6, 6.07) is 55.3. The highest BCUT2D eigenvalue weighted by Gasteiger charge is 2.36. The van der Waals surface area contributed by atoms with Crippen molar-refractivity contribution in [2.45, 2.75) is 57.3 Å². The minimum atomic E-state index is -0.0387. The largest absolute Gasteiger partial charge is 0.310 e. The quantitative estimate of drug-likeness (QED) is 0.175. The van der Waals surface area contributed by atoms with Crippen LogP contribution in [-0.4, -0.2) is 0 Å². The molecule has 2 aliphatic carbocycles. The Hall–Kier alpha value is -5.18. The van der Waals surface area contributed by atoms with Crippen LogP contribution in [0, 0.1) is 0 Å². The molecule has 0 saturated heterocycles. The van der Waals surface area contributed by atoms with Crippen LogP contribution in [0.2, 0.25) is 0 Å². The van der Waals surface area contributed by atoms with Gasteiger partial charge in [0.15, 0.2) is 0 Å². The van der Waals surface area contributed by atoms with E-state index in [-0.39, 0.29) is 5.41 Å². The molecule has 1 nitrogen and oxygen atoms in total. The normalized spacial score (nSPS) is 15.3. The van der Waals surface area contributed by atoms with Crippen molar-refractivity contribution < 1.29 is 0 Å². The molecule has 248 valence electrons. The second kappa shape index (κ2) is 12.0. The number of anilines is 3. The van der Waals surface area contributed by atoms with E-state index in [4.69, 9.17) is 0 Å². The number of benzene rings is 7. The molecule has 1 aromatic heterocycles. The van der Waals surface area contributed by atoms with Gasteiger partial charge in [0.1, 0.15) is 0 Å². The van der Waals surface area contributed by atoms with Crippen molar-refractivity contribution in [3.8, 4) is 22.3 Å². The molecule has 8 aromatic rings. The van der Waals surface area contributed by atoms with Crippen molar-refractivity contribution in [1.82, 2.24) is 0 Å². The van der Waals surface area contributed by atoms with Gasteiger partial charge in [-0.15, -0.1) is 11.3 Å². The molecule has 1 saturated carbocycles. The lowest BCUT2D eigenvalue weighted by molar-refractivity contribution is 0.443. The van der Waals surface area contributed by atoms with E-state index in [1.807, 2.05) is 11.3 Å². The van der Waals surface area contributed by atoms with Crippen molar-refractivity contribution in [3.05, 3.63) is 162 Å². The van der Waals surface area contributed by atoms with Crippen molar-refractivity contribution in [1.29, 1.82) is 0 Å². The van der Waals surface area contributed by atoms with Gasteiger partial charge >= 0.3 is 0 Å². The molecular weight excluding hydrogens is 635 g/mol. The third kappa shape index (κ3) is 4.95. The van der Waals surface area contributed by atoms with Gasteiger partial charge in [-0.1, -0.05) is 130 Å². The standard InChI is InChI=1S/C49H41NS/c1-49(2)43-21-10-8-19-39(43)41-31-37(25-26-44(41)49)50(36-17-12-16-34(29-36)32-13-4-3-5-14-32)45-27-23-33-15-6-7-18-38(33)48(45)35-24-28-47-42(30-35)40-20-9-11-22-46(40)51-47/h6-12,15-32H,3-5,13-14H2,1-2H3. The van der Waals surface area contributed by atoms with Crippen molar-refractivity contribution in [3.63, 3.8) is 0 Å². The summed E-state index contributed by atoms with van der Waals surface area (Å²) in [5, 5.41) is 5.19. The van der Waals surface area contributed by atoms with Gasteiger partial charge in [-0.25, -0.2) is 0 Å². The predicted molar refractivity (Wildman–Crippen MR) is 220 cm³/mol. The molecule has 10 rings (SSSR count). The second-order valence-corrected chi connectivity index (χ2v) is 16.2. The number of fused-ring (bicyclic) bond motifs is 7. The van der Waals surface area contributed by atoms with E-state index in [0.29, 0.717) is 5.92 Å². The molecule has 1 fully saturated rings. The molecule has 0 amide bonds. The highest BCUT2D eigenvalue weighted by Crippen LogP contribution is 2.52. The highest BCUT2D eigenvalue weighted by atomic mass is 32.1. The minimum absolute atomic E-state index is 0.0387. The average Bonchev–Trinajstić information content (AvgIpc) is 3.66. The van der Waals surface area contributed by atoms with Gasteiger partial charge in [-0.05, 0) is 111 Å². The Labute approximate surface area is 304 Å². The Morgan fingerprint density at radius 1 is 0.549 bits per heavy atom. The van der Waals surface area contributed by atoms with E-state index in [9.17, 15) is 0 Å². The zero-order valence-electron chi connectivity index (χ0n) is 29.3. The van der Waals surface area contributed by atoms with Crippen LogP contribution in [0.3, 0.4) is 0 Å². The zero-order valence-corrected chi connectivity index (χ0v) is 30.1. The fourth-order valence-electron chi connectivity index (χ4n) is 9.26. The van der Waals surface area contributed by atoms with Crippen LogP contribution in [0.15, 0.2) is 146 Å². The number of hydrogen-bond acceptors (Lipinski definition) is 2. The van der Waals surface area contributed by atoms with Crippen LogP contribution < -0.4 is 4.90 Å². The molecule has 0 N–H and O–H groups in total. The number of thiophene rings is 1. The van der Waals surface area contributed by atoms with Crippen LogP contribution in [0.4, 0.5) is 17.1 Å². The van der Waals surface area contributed by atoms with Gasteiger partial charge in [-0.2, -0.15) is 0 Å². The topological polar surface area (TPSA) is 3.24 Å². The Morgan fingerprint density at radius 2 is 1.29 bits per heavy atom. The van der Waals surface area contributed by atoms with Gasteiger partial charge < -0.3 is 4.90 Å². The summed E-state index contributed by atoms with van der Waals surface area (Å²) < 4.78 is 2.67. The number of nitrogens with zero attached hydrogens (tertiary/aromatic N) is 1. The number of hydrogen-bond donors (Lipinski definition) is 0. The fraction of sp³-hybridized carbons (Fsp3) is 0.184. The van der Waals surface area contributed by atoms with Gasteiger partial charge in [0.2, 0.25) is 0 Å². The lowest BCUT2D eigenvalue weighted by atomic mass is 9.82. The van der Waals surface area contributed by atoms with Crippen molar-refractivity contribution in [2.75, 3.05) is 4.90 Å². The van der Waals surface area contributed by atoms with E-state index < -0.39 is 0 Å². The van der Waals surface area contributed by atoms with Crippen molar-refractivity contribution >= 4 is 59.3 Å². The molecule has 0 atom stereocenters. The SMILES string of the molecule is CC1(C)c2ccccc2-c2cc(N(c3cccc(C4CCCCC4)c3)c3ccc4ccccc4c3-c3ccc4sc5ccccc5c4c3)ccc21. The average molecular weight is 676 g/mol. The molecule has 0 bridgehead atoms. The molecule has 0 spiro atoms. The third-order valence-corrected chi connectivity index (χ3v) is 13.0. The summed E-state index contributed by atoms with van der Waals surface area (Å²) in [6.07, 6.45) is 6.58. The number of rotatable bonds is 5. The lowest BCUT2D eigenvalue weighted by Gasteiger charge is -2.31. The van der Waals surface area contributed by atoms with Crippen LogP contribution >= 0.6 is 11.3 Å². The van der Waals surface area contributed by atoms with Gasteiger partial charge in [0.05, 0.1) is 5.69 Å². The summed E-state index contributed by atoms with van der Waals surface area (Å²) in [6.45, 7) is 4.74. The maximum absolute atomic E-state index is 2.55. The smallest absolute Gasteiger partial charge is 0.0546 e. The van der Waals surface area contributed by atoms with E-state index in [1.165, 1.54) is 119 Å². The Bertz CT molecular complexity index is 2620. The van der Waals surface area contributed by atoms with Crippen molar-refractivity contribution in [2.24, 2.45) is 0 Å². The monoisotopic (exact) mass is 675 g/mol. The zero-order chi connectivity index (χ0) is 34.1. The van der Waals surface area contributed by atoms with E-state index in [2.05, 4.69) is 164 Å². The summed E-state index contributed by atoms with van der Waals surface area (Å²) >= 11 is 1.88. The van der Waals surface area contributed by atoms with Gasteiger partial charge in [0.25, 0.3) is 0 Å². The first-order valence-corrected chi connectivity index (χ1v) is 19.4. The highest BCUT2D eigenvalue weighted by molar-refractivity contribution is 7.25. The van der Waals surface area contributed by atoms with E-state index >= 15 is 0 Å². The molecule has 2 heteroatoms. The molecule has 51 heavy (non-hydrogen) atoms. The lowest BCUT2D eigenvalue weighted by Crippen LogP contribution is -2.16. The minimum Gasteiger partial charge on any atom is -0.310 e. The van der Waals surface area contributed by atoms with E-state index in [0.717, 1.165) is 0 Å². The fourth-order valence-corrected chi connectivity index (χ4v) is 10.3. The maximum atomic E-state index is 2.55. The first-order chi connectivity index (χ1) is 25.0. The van der Waals surface area contributed by atoms with E-state index in [1.54, 1.807) is 0 Å².